The highest BCUT2D eigenvalue weighted by Crippen LogP contribution is 2.43. The number of methoxy groups -OCH3 is 1. The summed E-state index contributed by atoms with van der Waals surface area (Å²) in [4.78, 5) is 0. The summed E-state index contributed by atoms with van der Waals surface area (Å²) in [7, 11) is 1.64. The van der Waals surface area contributed by atoms with Gasteiger partial charge in [-0.05, 0) is 5.56 Å². The molecule has 1 fully saturated rings. The maximum absolute atomic E-state index is 10.8. The zero-order valence-corrected chi connectivity index (χ0v) is 17.1. The fraction of sp³-hybridized carbons (Fsp3) is 0.684. The van der Waals surface area contributed by atoms with Gasteiger partial charge in [0.1, 0.15) is 0 Å². The number of hydrogen-bond donors (Lipinski definition) is 1. The number of alkyl halides is 1. The van der Waals surface area contributed by atoms with Crippen LogP contribution < -0.4 is 0 Å². The number of halogens is 1. The molecule has 5 heteroatoms. The number of rotatable bonds is 7. The molecule has 1 N–H and O–H groups in total. The summed E-state index contributed by atoms with van der Waals surface area (Å²) in [5.41, 5.74) is 0.769. The Kier molecular flexibility index (Phi) is 7.49. The highest BCUT2D eigenvalue weighted by molar-refractivity contribution is 14.1. The molecule has 1 heterocycles. The van der Waals surface area contributed by atoms with Gasteiger partial charge in [0.05, 0.1) is 30.8 Å². The zero-order valence-electron chi connectivity index (χ0n) is 14.9. The van der Waals surface area contributed by atoms with Crippen molar-refractivity contribution in [2.45, 2.75) is 45.9 Å². The van der Waals surface area contributed by atoms with E-state index in [2.05, 4.69) is 48.6 Å². The molecule has 24 heavy (non-hydrogen) atoms. The molecule has 0 aromatic heterocycles. The van der Waals surface area contributed by atoms with Crippen molar-refractivity contribution in [3.05, 3.63) is 35.9 Å². The first-order valence-corrected chi connectivity index (χ1v) is 10.0. The molecule has 1 aromatic rings. The molecule has 0 bridgehead atoms. The molecule has 0 saturated carbocycles. The standard InChI is InChI=1S/C19H29IO4/c1-13(10-23-11-15-8-6-5-7-9-15)16-14(2)17(21)19(3,12-20)18(22-4)24-16/h5-9,13-14,16-18,21H,10-12H2,1-4H3/t13-,14+,16-,17+,18+,19+/m0/s1. The largest absolute Gasteiger partial charge is 0.392 e. The lowest BCUT2D eigenvalue weighted by atomic mass is 9.73. The summed E-state index contributed by atoms with van der Waals surface area (Å²) in [6.07, 6.45) is -0.950. The SMILES string of the molecule is CO[C@@H]1O[C@@H]([C@@H](C)COCc2ccccc2)[C@@H](C)[C@@H](O)[C@@]1(C)CI. The Labute approximate surface area is 159 Å². The fourth-order valence-corrected chi connectivity index (χ4v) is 4.30. The smallest absolute Gasteiger partial charge is 0.166 e. The maximum atomic E-state index is 10.8. The second kappa shape index (κ2) is 8.94. The van der Waals surface area contributed by atoms with Crippen LogP contribution in [0.1, 0.15) is 26.3 Å². The Morgan fingerprint density at radius 2 is 2.00 bits per heavy atom. The van der Waals surface area contributed by atoms with Gasteiger partial charge in [-0.2, -0.15) is 0 Å². The van der Waals surface area contributed by atoms with Gasteiger partial charge < -0.3 is 19.3 Å². The van der Waals surface area contributed by atoms with E-state index in [-0.39, 0.29) is 17.9 Å². The quantitative estimate of drug-likeness (QED) is 0.511. The minimum atomic E-state index is -0.463. The van der Waals surface area contributed by atoms with Gasteiger partial charge in [-0.25, -0.2) is 0 Å². The number of hydrogen-bond acceptors (Lipinski definition) is 4. The van der Waals surface area contributed by atoms with E-state index in [0.29, 0.717) is 13.2 Å². The summed E-state index contributed by atoms with van der Waals surface area (Å²) >= 11 is 2.30. The first-order chi connectivity index (χ1) is 11.4. The van der Waals surface area contributed by atoms with Gasteiger partial charge in [-0.3, -0.25) is 0 Å². The summed E-state index contributed by atoms with van der Waals surface area (Å²) in [6, 6.07) is 10.1. The van der Waals surface area contributed by atoms with Crippen LogP contribution in [0.3, 0.4) is 0 Å². The van der Waals surface area contributed by atoms with Crippen LogP contribution in [-0.2, 0) is 20.8 Å². The van der Waals surface area contributed by atoms with Gasteiger partial charge >= 0.3 is 0 Å². The molecule has 0 unspecified atom stereocenters. The molecule has 136 valence electrons. The predicted octanol–water partition coefficient (Wildman–Crippen LogP) is 3.65. The van der Waals surface area contributed by atoms with E-state index in [0.717, 1.165) is 9.99 Å². The van der Waals surface area contributed by atoms with E-state index < -0.39 is 17.8 Å². The molecule has 1 aliphatic rings. The second-order valence-electron chi connectivity index (χ2n) is 7.09. The average molecular weight is 448 g/mol. The number of ether oxygens (including phenoxy) is 3. The number of aliphatic hydroxyl groups is 1. The average Bonchev–Trinajstić information content (AvgIpc) is 2.60. The summed E-state index contributed by atoms with van der Waals surface area (Å²) in [5, 5.41) is 10.8. The topological polar surface area (TPSA) is 47.9 Å². The Morgan fingerprint density at radius 1 is 1.33 bits per heavy atom. The summed E-state index contributed by atoms with van der Waals surface area (Å²) < 4.78 is 18.4. The van der Waals surface area contributed by atoms with E-state index in [1.807, 2.05) is 25.1 Å². The van der Waals surface area contributed by atoms with Crippen molar-refractivity contribution in [3.63, 3.8) is 0 Å². The lowest BCUT2D eigenvalue weighted by Gasteiger charge is -2.50. The molecule has 1 saturated heterocycles. The molecule has 2 rings (SSSR count). The first-order valence-electron chi connectivity index (χ1n) is 8.48. The molecule has 6 atom stereocenters. The van der Waals surface area contributed by atoms with Gasteiger partial charge in [-0.15, -0.1) is 0 Å². The summed E-state index contributed by atoms with van der Waals surface area (Å²) in [6.45, 7) is 7.38. The third-order valence-electron chi connectivity index (χ3n) is 5.07. The Balaban J connectivity index is 1.95. The Hall–Kier alpha value is -0.210. The van der Waals surface area contributed by atoms with Crippen LogP contribution in [0.2, 0.25) is 0 Å². The van der Waals surface area contributed by atoms with E-state index >= 15 is 0 Å². The number of benzene rings is 1. The van der Waals surface area contributed by atoms with Crippen LogP contribution in [0.15, 0.2) is 30.3 Å². The van der Waals surface area contributed by atoms with Crippen molar-refractivity contribution < 1.29 is 19.3 Å². The molecular weight excluding hydrogens is 419 g/mol. The lowest BCUT2D eigenvalue weighted by molar-refractivity contribution is -0.295. The molecule has 0 amide bonds. The molecule has 1 aromatic carbocycles. The van der Waals surface area contributed by atoms with Crippen molar-refractivity contribution >= 4 is 22.6 Å². The van der Waals surface area contributed by atoms with Gasteiger partial charge in [0, 0.05) is 23.4 Å². The van der Waals surface area contributed by atoms with Gasteiger partial charge in [0.25, 0.3) is 0 Å². The minimum absolute atomic E-state index is 0.0338. The van der Waals surface area contributed by atoms with Crippen LogP contribution in [0.25, 0.3) is 0 Å². The highest BCUT2D eigenvalue weighted by Gasteiger charge is 2.52. The second-order valence-corrected chi connectivity index (χ2v) is 7.85. The summed E-state index contributed by atoms with van der Waals surface area (Å²) in [5.74, 6) is 0.210. The van der Waals surface area contributed by atoms with Gasteiger partial charge in [0.15, 0.2) is 6.29 Å². The highest BCUT2D eigenvalue weighted by atomic mass is 127. The third-order valence-corrected chi connectivity index (χ3v) is 6.71. The molecular formula is C19H29IO4. The van der Waals surface area contributed by atoms with E-state index in [9.17, 15) is 5.11 Å². The predicted molar refractivity (Wildman–Crippen MR) is 103 cm³/mol. The van der Waals surface area contributed by atoms with Crippen LogP contribution in [-0.4, -0.2) is 41.7 Å². The van der Waals surface area contributed by atoms with Crippen LogP contribution in [0, 0.1) is 17.3 Å². The van der Waals surface area contributed by atoms with Crippen molar-refractivity contribution in [1.29, 1.82) is 0 Å². The molecule has 1 aliphatic heterocycles. The number of aliphatic hydroxyl groups excluding tert-OH is 1. The van der Waals surface area contributed by atoms with Crippen LogP contribution in [0.4, 0.5) is 0 Å². The third kappa shape index (κ3) is 4.30. The van der Waals surface area contributed by atoms with Crippen molar-refractivity contribution in [2.75, 3.05) is 18.1 Å². The van der Waals surface area contributed by atoms with Gasteiger partial charge in [0.2, 0.25) is 0 Å². The van der Waals surface area contributed by atoms with Gasteiger partial charge in [-0.1, -0.05) is 73.7 Å². The van der Waals surface area contributed by atoms with E-state index in [1.54, 1.807) is 7.11 Å². The molecule has 4 nitrogen and oxygen atoms in total. The molecule has 0 spiro atoms. The first kappa shape index (κ1) is 20.1. The molecule has 0 radical (unpaired) electrons. The van der Waals surface area contributed by atoms with Crippen LogP contribution in [0.5, 0.6) is 0 Å². The fourth-order valence-electron chi connectivity index (χ4n) is 3.49. The Bertz CT molecular complexity index is 493. The normalized spacial score (nSPS) is 34.9. The maximum Gasteiger partial charge on any atom is 0.166 e. The lowest BCUT2D eigenvalue weighted by Crippen LogP contribution is -2.59. The minimum Gasteiger partial charge on any atom is -0.392 e. The van der Waals surface area contributed by atoms with Crippen molar-refractivity contribution in [3.8, 4) is 0 Å². The van der Waals surface area contributed by atoms with Crippen LogP contribution >= 0.6 is 22.6 Å². The molecule has 0 aliphatic carbocycles. The zero-order chi connectivity index (χ0) is 17.7. The van der Waals surface area contributed by atoms with Crippen molar-refractivity contribution in [2.24, 2.45) is 17.3 Å². The van der Waals surface area contributed by atoms with E-state index in [4.69, 9.17) is 14.2 Å². The van der Waals surface area contributed by atoms with E-state index in [1.165, 1.54) is 0 Å². The van der Waals surface area contributed by atoms with Crippen molar-refractivity contribution in [1.82, 2.24) is 0 Å². The Morgan fingerprint density at radius 3 is 2.58 bits per heavy atom. The monoisotopic (exact) mass is 448 g/mol.